The zero-order valence-corrected chi connectivity index (χ0v) is 11.3. The molecule has 0 aliphatic carbocycles. The number of carbonyl (C=O) groups is 2. The van der Waals surface area contributed by atoms with Gasteiger partial charge in [-0.15, -0.1) is 0 Å². The van der Waals surface area contributed by atoms with Crippen molar-refractivity contribution in [2.45, 2.75) is 13.0 Å². The number of nitrogens with zero attached hydrogens (tertiary/aromatic N) is 2. The minimum Gasteiger partial charge on any atom is -0.481 e. The Morgan fingerprint density at radius 2 is 2.05 bits per heavy atom. The van der Waals surface area contributed by atoms with Crippen molar-refractivity contribution in [1.29, 1.82) is 0 Å². The number of aliphatic carboxylic acids is 1. The first kappa shape index (κ1) is 14.6. The molecule has 2 rings (SSSR count). The number of rotatable bonds is 6. The molecule has 1 aromatic carbocycles. The third kappa shape index (κ3) is 4.34. The van der Waals surface area contributed by atoms with E-state index in [0.29, 0.717) is 12.2 Å². The molecule has 0 unspecified atom stereocenters. The van der Waals surface area contributed by atoms with Crippen molar-refractivity contribution >= 4 is 17.7 Å². The summed E-state index contributed by atoms with van der Waals surface area (Å²) in [7, 11) is 0. The third-order valence-corrected chi connectivity index (χ3v) is 2.85. The van der Waals surface area contributed by atoms with E-state index in [9.17, 15) is 9.59 Å². The molecular formula is C14H16N4O3. The van der Waals surface area contributed by atoms with E-state index in [1.807, 2.05) is 6.07 Å². The third-order valence-electron chi connectivity index (χ3n) is 2.85. The van der Waals surface area contributed by atoms with E-state index >= 15 is 0 Å². The molecule has 1 aromatic heterocycles. The van der Waals surface area contributed by atoms with Crippen LogP contribution in [0, 0.1) is 0 Å². The van der Waals surface area contributed by atoms with E-state index in [4.69, 9.17) is 5.11 Å². The Kier molecular flexibility index (Phi) is 4.92. The van der Waals surface area contributed by atoms with Crippen LogP contribution in [0.15, 0.2) is 42.9 Å². The number of amides is 2. The van der Waals surface area contributed by atoms with Gasteiger partial charge < -0.3 is 15.4 Å². The number of carbonyl (C=O) groups excluding carboxylic acids is 1. The molecule has 0 saturated carbocycles. The van der Waals surface area contributed by atoms with Crippen LogP contribution in [-0.4, -0.2) is 33.6 Å². The minimum atomic E-state index is -0.947. The molecule has 110 valence electrons. The highest BCUT2D eigenvalue weighted by Gasteiger charge is 2.16. The molecule has 0 spiro atoms. The van der Waals surface area contributed by atoms with Gasteiger partial charge >= 0.3 is 12.0 Å². The zero-order valence-electron chi connectivity index (χ0n) is 11.3. The van der Waals surface area contributed by atoms with Gasteiger partial charge in [-0.05, 0) is 12.1 Å². The van der Waals surface area contributed by atoms with Gasteiger partial charge in [0.2, 0.25) is 0 Å². The average molecular weight is 288 g/mol. The van der Waals surface area contributed by atoms with Crippen LogP contribution in [0.4, 0.5) is 10.5 Å². The number of anilines is 1. The van der Waals surface area contributed by atoms with Crippen molar-refractivity contribution in [1.82, 2.24) is 15.3 Å². The molecule has 0 aliphatic rings. The molecule has 0 aliphatic heterocycles. The molecule has 0 bridgehead atoms. The number of nitrogens with one attached hydrogen (secondary N) is 2. The van der Waals surface area contributed by atoms with Crippen molar-refractivity contribution in [3.05, 3.63) is 48.5 Å². The summed E-state index contributed by atoms with van der Waals surface area (Å²) in [5.74, 6) is -0.947. The van der Waals surface area contributed by atoms with Gasteiger partial charge in [0.25, 0.3) is 0 Å². The van der Waals surface area contributed by atoms with Crippen LogP contribution < -0.4 is 10.2 Å². The number of aromatic nitrogens is 2. The summed E-state index contributed by atoms with van der Waals surface area (Å²) < 4.78 is 0. The smallest absolute Gasteiger partial charge is 0.322 e. The number of carboxylic acid groups (broad SMARTS) is 1. The highest BCUT2D eigenvalue weighted by atomic mass is 16.4. The molecule has 3 N–H and O–H groups in total. The summed E-state index contributed by atoms with van der Waals surface area (Å²) in [6.45, 7) is 0.406. The van der Waals surface area contributed by atoms with E-state index in [0.717, 1.165) is 5.69 Å². The molecule has 7 heteroatoms. The summed E-state index contributed by atoms with van der Waals surface area (Å²) in [4.78, 5) is 31.1. The van der Waals surface area contributed by atoms with E-state index < -0.39 is 5.97 Å². The molecule has 2 aromatic rings. The van der Waals surface area contributed by atoms with Gasteiger partial charge in [0.05, 0.1) is 25.0 Å². The maximum Gasteiger partial charge on any atom is 0.322 e. The monoisotopic (exact) mass is 288 g/mol. The van der Waals surface area contributed by atoms with Gasteiger partial charge in [-0.25, -0.2) is 9.78 Å². The first-order chi connectivity index (χ1) is 10.2. The van der Waals surface area contributed by atoms with Crippen molar-refractivity contribution < 1.29 is 14.7 Å². The van der Waals surface area contributed by atoms with Crippen molar-refractivity contribution in [3.8, 4) is 0 Å². The summed E-state index contributed by atoms with van der Waals surface area (Å²) in [5, 5.41) is 11.5. The lowest BCUT2D eigenvalue weighted by molar-refractivity contribution is -0.136. The van der Waals surface area contributed by atoms with Gasteiger partial charge in [0, 0.05) is 18.4 Å². The summed E-state index contributed by atoms with van der Waals surface area (Å²) in [6, 6.07) is 8.60. The first-order valence-corrected chi connectivity index (χ1v) is 6.46. The fraction of sp³-hybridized carbons (Fsp3) is 0.214. The molecule has 0 fully saturated rings. The number of para-hydroxylation sites is 1. The van der Waals surface area contributed by atoms with E-state index in [-0.39, 0.29) is 19.0 Å². The van der Waals surface area contributed by atoms with Crippen LogP contribution in [0.25, 0.3) is 0 Å². The van der Waals surface area contributed by atoms with E-state index in [1.165, 1.54) is 11.2 Å². The molecule has 1 heterocycles. The van der Waals surface area contributed by atoms with Crippen molar-refractivity contribution in [2.24, 2.45) is 0 Å². The van der Waals surface area contributed by atoms with E-state index in [1.54, 1.807) is 30.5 Å². The van der Waals surface area contributed by atoms with Crippen LogP contribution in [0.2, 0.25) is 0 Å². The number of hydrogen-bond acceptors (Lipinski definition) is 3. The zero-order chi connectivity index (χ0) is 15.1. The van der Waals surface area contributed by atoms with E-state index in [2.05, 4.69) is 15.3 Å². The molecule has 0 radical (unpaired) electrons. The SMILES string of the molecule is O=C(O)CCN(C(=O)NCc1cnc[nH]1)c1ccccc1. The number of carboxylic acids is 1. The topological polar surface area (TPSA) is 98.3 Å². The Labute approximate surface area is 121 Å². The van der Waals surface area contributed by atoms with Crippen molar-refractivity contribution in [3.63, 3.8) is 0 Å². The Bertz CT molecular complexity index is 584. The quantitative estimate of drug-likeness (QED) is 0.752. The lowest BCUT2D eigenvalue weighted by Gasteiger charge is -2.22. The average Bonchev–Trinajstić information content (AvgIpc) is 2.99. The fourth-order valence-corrected chi connectivity index (χ4v) is 1.81. The number of aromatic amines is 1. The molecule has 21 heavy (non-hydrogen) atoms. The summed E-state index contributed by atoms with van der Waals surface area (Å²) in [6.07, 6.45) is 3.03. The Morgan fingerprint density at radius 3 is 2.67 bits per heavy atom. The highest BCUT2D eigenvalue weighted by molar-refractivity contribution is 5.92. The lowest BCUT2D eigenvalue weighted by Crippen LogP contribution is -2.41. The van der Waals surface area contributed by atoms with Crippen LogP contribution in [0.1, 0.15) is 12.1 Å². The Balaban J connectivity index is 2.03. The van der Waals surface area contributed by atoms with Gasteiger partial charge in [-0.1, -0.05) is 18.2 Å². The van der Waals surface area contributed by atoms with Crippen LogP contribution in [0.5, 0.6) is 0 Å². The number of urea groups is 1. The molecule has 2 amide bonds. The molecule has 0 saturated heterocycles. The maximum absolute atomic E-state index is 12.2. The number of imidazole rings is 1. The summed E-state index contributed by atoms with van der Waals surface area (Å²) in [5.41, 5.74) is 1.43. The normalized spacial score (nSPS) is 10.1. The second-order valence-corrected chi connectivity index (χ2v) is 4.37. The predicted molar refractivity (Wildman–Crippen MR) is 76.9 cm³/mol. The number of benzene rings is 1. The van der Waals surface area contributed by atoms with Gasteiger partial charge in [-0.3, -0.25) is 9.69 Å². The lowest BCUT2D eigenvalue weighted by atomic mass is 10.2. The first-order valence-electron chi connectivity index (χ1n) is 6.46. The minimum absolute atomic E-state index is 0.105. The van der Waals surface area contributed by atoms with Crippen molar-refractivity contribution in [2.75, 3.05) is 11.4 Å². The molecule has 7 nitrogen and oxygen atoms in total. The molecule has 0 atom stereocenters. The van der Waals surface area contributed by atoms with Gasteiger partial charge in [0.15, 0.2) is 0 Å². The summed E-state index contributed by atoms with van der Waals surface area (Å²) >= 11 is 0. The van der Waals surface area contributed by atoms with Gasteiger partial charge in [-0.2, -0.15) is 0 Å². The van der Waals surface area contributed by atoms with Gasteiger partial charge in [0.1, 0.15) is 0 Å². The fourth-order valence-electron chi connectivity index (χ4n) is 1.81. The Hall–Kier alpha value is -2.83. The maximum atomic E-state index is 12.2. The highest BCUT2D eigenvalue weighted by Crippen LogP contribution is 2.14. The van der Waals surface area contributed by atoms with Crippen LogP contribution >= 0.6 is 0 Å². The largest absolute Gasteiger partial charge is 0.481 e. The second kappa shape index (κ2) is 7.09. The Morgan fingerprint density at radius 1 is 1.29 bits per heavy atom. The van der Waals surface area contributed by atoms with Crippen LogP contribution in [0.3, 0.4) is 0 Å². The number of hydrogen-bond donors (Lipinski definition) is 3. The number of H-pyrrole nitrogens is 1. The predicted octanol–water partition coefficient (Wildman–Crippen LogP) is 1.60. The molecular weight excluding hydrogens is 272 g/mol. The van der Waals surface area contributed by atoms with Crippen LogP contribution in [-0.2, 0) is 11.3 Å². The standard InChI is InChI=1S/C14H16N4O3/c19-13(20)6-7-18(12-4-2-1-3-5-12)14(21)16-9-11-8-15-10-17-11/h1-5,8,10H,6-7,9H2,(H,15,17)(H,16,21)(H,19,20). The second-order valence-electron chi connectivity index (χ2n) is 4.37.